The van der Waals surface area contributed by atoms with Crippen LogP contribution in [-0.2, 0) is 11.2 Å². The summed E-state index contributed by atoms with van der Waals surface area (Å²) in [6, 6.07) is 6.81. The molecule has 0 saturated heterocycles. The zero-order valence-electron chi connectivity index (χ0n) is 12.8. The van der Waals surface area contributed by atoms with Crippen LogP contribution in [0.3, 0.4) is 0 Å². The third-order valence-corrected chi connectivity index (χ3v) is 2.77. The molecule has 1 aromatic carbocycles. The molecule has 0 aliphatic rings. The summed E-state index contributed by atoms with van der Waals surface area (Å²) in [7, 11) is 0. The first-order valence-corrected chi connectivity index (χ1v) is 6.85. The van der Waals surface area contributed by atoms with Crippen molar-refractivity contribution in [2.45, 2.75) is 52.7 Å². The average molecular weight is 277 g/mol. The van der Waals surface area contributed by atoms with Crippen molar-refractivity contribution in [3.63, 3.8) is 0 Å². The lowest BCUT2D eigenvalue weighted by Crippen LogP contribution is -2.41. The van der Waals surface area contributed by atoms with Crippen LogP contribution in [0.15, 0.2) is 24.3 Å². The minimum Gasteiger partial charge on any atom is -0.444 e. The molecular formula is C16H23NO3. The predicted octanol–water partition coefficient (Wildman–Crippen LogP) is 3.34. The molecule has 1 rings (SSSR count). The first kappa shape index (κ1) is 16.2. The van der Waals surface area contributed by atoms with Crippen molar-refractivity contribution in [2.75, 3.05) is 0 Å². The number of Topliss-reactive ketones (excluding diaryl/α,β-unsaturated/α-hetero) is 1. The molecule has 110 valence electrons. The molecule has 4 heteroatoms. The SMILES string of the molecule is CCc1ccc(C(=O)[C@H](C)NC(=O)OC(C)(C)C)cc1. The maximum Gasteiger partial charge on any atom is 0.408 e. The highest BCUT2D eigenvalue weighted by molar-refractivity contribution is 6.01. The van der Waals surface area contributed by atoms with Gasteiger partial charge in [-0.15, -0.1) is 0 Å². The normalized spacial score (nSPS) is 12.7. The number of nitrogens with one attached hydrogen (secondary N) is 1. The summed E-state index contributed by atoms with van der Waals surface area (Å²) in [6.07, 6.45) is 0.351. The van der Waals surface area contributed by atoms with Gasteiger partial charge in [-0.1, -0.05) is 31.2 Å². The van der Waals surface area contributed by atoms with Crippen molar-refractivity contribution >= 4 is 11.9 Å². The number of benzene rings is 1. The van der Waals surface area contributed by atoms with Gasteiger partial charge in [0, 0.05) is 5.56 Å². The third-order valence-electron chi connectivity index (χ3n) is 2.77. The van der Waals surface area contributed by atoms with Crippen LogP contribution < -0.4 is 5.32 Å². The maximum absolute atomic E-state index is 12.2. The second kappa shape index (κ2) is 6.55. The Morgan fingerprint density at radius 1 is 1.20 bits per heavy atom. The Morgan fingerprint density at radius 2 is 1.75 bits per heavy atom. The van der Waals surface area contributed by atoms with Crippen LogP contribution in [0.1, 0.15) is 50.5 Å². The van der Waals surface area contributed by atoms with Crippen LogP contribution >= 0.6 is 0 Å². The van der Waals surface area contributed by atoms with Gasteiger partial charge in [0.25, 0.3) is 0 Å². The van der Waals surface area contributed by atoms with E-state index in [1.54, 1.807) is 39.8 Å². The second-order valence-electron chi connectivity index (χ2n) is 5.78. The van der Waals surface area contributed by atoms with E-state index in [4.69, 9.17) is 4.74 Å². The highest BCUT2D eigenvalue weighted by atomic mass is 16.6. The summed E-state index contributed by atoms with van der Waals surface area (Å²) in [5, 5.41) is 2.55. The van der Waals surface area contributed by atoms with Crippen LogP contribution in [0.2, 0.25) is 0 Å². The second-order valence-corrected chi connectivity index (χ2v) is 5.78. The van der Waals surface area contributed by atoms with Crippen molar-refractivity contribution in [1.82, 2.24) is 5.32 Å². The summed E-state index contributed by atoms with van der Waals surface area (Å²) in [5.41, 5.74) is 1.19. The van der Waals surface area contributed by atoms with Gasteiger partial charge in [-0.25, -0.2) is 4.79 Å². The number of aryl methyl sites for hydroxylation is 1. The van der Waals surface area contributed by atoms with E-state index < -0.39 is 17.7 Å². The highest BCUT2D eigenvalue weighted by Gasteiger charge is 2.21. The average Bonchev–Trinajstić information content (AvgIpc) is 2.35. The summed E-state index contributed by atoms with van der Waals surface area (Å²) < 4.78 is 5.13. The standard InChI is InChI=1S/C16H23NO3/c1-6-12-7-9-13(10-8-12)14(18)11(2)17-15(19)20-16(3,4)5/h7-11H,6H2,1-5H3,(H,17,19)/t11-/m0/s1. The van der Waals surface area contributed by atoms with Gasteiger partial charge in [0.2, 0.25) is 0 Å². The lowest BCUT2D eigenvalue weighted by Gasteiger charge is -2.21. The summed E-state index contributed by atoms with van der Waals surface area (Å²) >= 11 is 0. The maximum atomic E-state index is 12.2. The van der Waals surface area contributed by atoms with E-state index in [2.05, 4.69) is 12.2 Å². The van der Waals surface area contributed by atoms with E-state index in [-0.39, 0.29) is 5.78 Å². The van der Waals surface area contributed by atoms with Gasteiger partial charge in [0.15, 0.2) is 5.78 Å². The first-order chi connectivity index (χ1) is 9.23. The molecular weight excluding hydrogens is 254 g/mol. The van der Waals surface area contributed by atoms with Gasteiger partial charge in [0.1, 0.15) is 5.60 Å². The molecule has 20 heavy (non-hydrogen) atoms. The number of carbonyl (C=O) groups is 2. The van der Waals surface area contributed by atoms with Crippen molar-refractivity contribution in [1.29, 1.82) is 0 Å². The smallest absolute Gasteiger partial charge is 0.408 e. The molecule has 0 bridgehead atoms. The van der Waals surface area contributed by atoms with E-state index in [0.717, 1.165) is 6.42 Å². The molecule has 0 fully saturated rings. The zero-order valence-corrected chi connectivity index (χ0v) is 12.8. The monoisotopic (exact) mass is 277 g/mol. The van der Waals surface area contributed by atoms with Gasteiger partial charge >= 0.3 is 6.09 Å². The van der Waals surface area contributed by atoms with Gasteiger partial charge in [-0.05, 0) is 39.7 Å². The quantitative estimate of drug-likeness (QED) is 0.859. The number of alkyl carbamates (subject to hydrolysis) is 1. The Balaban J connectivity index is 2.64. The predicted molar refractivity (Wildman–Crippen MR) is 79.0 cm³/mol. The molecule has 0 spiro atoms. The van der Waals surface area contributed by atoms with Crippen molar-refractivity contribution in [3.05, 3.63) is 35.4 Å². The number of amides is 1. The topological polar surface area (TPSA) is 55.4 Å². The van der Waals surface area contributed by atoms with E-state index in [1.165, 1.54) is 5.56 Å². The first-order valence-electron chi connectivity index (χ1n) is 6.85. The molecule has 0 aliphatic heterocycles. The molecule has 4 nitrogen and oxygen atoms in total. The van der Waals surface area contributed by atoms with E-state index in [9.17, 15) is 9.59 Å². The molecule has 0 unspecified atom stereocenters. The number of hydrogen-bond acceptors (Lipinski definition) is 3. The molecule has 1 atom stereocenters. The van der Waals surface area contributed by atoms with Crippen LogP contribution in [0, 0.1) is 0 Å². The summed E-state index contributed by atoms with van der Waals surface area (Å²) in [4.78, 5) is 23.8. The number of ether oxygens (including phenoxy) is 1. The van der Waals surface area contributed by atoms with E-state index >= 15 is 0 Å². The fraction of sp³-hybridized carbons (Fsp3) is 0.500. The molecule has 0 aliphatic carbocycles. The Bertz CT molecular complexity index is 471. The zero-order chi connectivity index (χ0) is 15.3. The fourth-order valence-corrected chi connectivity index (χ4v) is 1.70. The minimum absolute atomic E-state index is 0.126. The van der Waals surface area contributed by atoms with Gasteiger partial charge in [0.05, 0.1) is 6.04 Å². The van der Waals surface area contributed by atoms with Gasteiger partial charge < -0.3 is 10.1 Å². The Labute approximate surface area is 120 Å². The summed E-state index contributed by atoms with van der Waals surface area (Å²) in [6.45, 7) is 9.05. The molecule has 0 aromatic heterocycles. The number of rotatable bonds is 4. The molecule has 1 N–H and O–H groups in total. The van der Waals surface area contributed by atoms with E-state index in [1.807, 2.05) is 12.1 Å². The van der Waals surface area contributed by atoms with Gasteiger partial charge in [-0.3, -0.25) is 4.79 Å². The molecule has 0 saturated carbocycles. The highest BCUT2D eigenvalue weighted by Crippen LogP contribution is 2.10. The van der Waals surface area contributed by atoms with Crippen molar-refractivity contribution < 1.29 is 14.3 Å². The molecule has 0 radical (unpaired) electrons. The third kappa shape index (κ3) is 5.03. The Morgan fingerprint density at radius 3 is 2.20 bits per heavy atom. The van der Waals surface area contributed by atoms with Crippen LogP contribution in [0.25, 0.3) is 0 Å². The lowest BCUT2D eigenvalue weighted by molar-refractivity contribution is 0.0497. The number of carbonyl (C=O) groups excluding carboxylic acids is 2. The Hall–Kier alpha value is -1.84. The lowest BCUT2D eigenvalue weighted by atomic mass is 10.0. The number of hydrogen-bond donors (Lipinski definition) is 1. The number of ketones is 1. The molecule has 1 aromatic rings. The van der Waals surface area contributed by atoms with Gasteiger partial charge in [-0.2, -0.15) is 0 Å². The van der Waals surface area contributed by atoms with Crippen LogP contribution in [0.5, 0.6) is 0 Å². The van der Waals surface area contributed by atoms with E-state index in [0.29, 0.717) is 5.56 Å². The molecule has 0 heterocycles. The minimum atomic E-state index is -0.614. The molecule has 1 amide bonds. The van der Waals surface area contributed by atoms with Crippen LogP contribution in [0.4, 0.5) is 4.79 Å². The van der Waals surface area contributed by atoms with Crippen LogP contribution in [-0.4, -0.2) is 23.5 Å². The fourth-order valence-electron chi connectivity index (χ4n) is 1.70. The van der Waals surface area contributed by atoms with Crippen molar-refractivity contribution in [3.8, 4) is 0 Å². The Kier molecular flexibility index (Phi) is 5.31. The summed E-state index contributed by atoms with van der Waals surface area (Å²) in [5.74, 6) is -0.126. The largest absolute Gasteiger partial charge is 0.444 e. The van der Waals surface area contributed by atoms with Crippen molar-refractivity contribution in [2.24, 2.45) is 0 Å².